The third-order valence-electron chi connectivity index (χ3n) is 2.98. The average molecular weight is 241 g/mol. The lowest BCUT2D eigenvalue weighted by atomic mass is 9.81. The van der Waals surface area contributed by atoms with Gasteiger partial charge < -0.3 is 30.1 Å². The molecule has 1 nitrogen and oxygen atoms in total. The van der Waals surface area contributed by atoms with Crippen LogP contribution in [0.4, 0.5) is 0 Å². The quantitative estimate of drug-likeness (QED) is 0.470. The van der Waals surface area contributed by atoms with Gasteiger partial charge in [-0.15, -0.1) is 0 Å². The minimum Gasteiger partial charge on any atom is -1.00 e. The zero-order valence-electron chi connectivity index (χ0n) is 9.98. The summed E-state index contributed by atoms with van der Waals surface area (Å²) in [5.41, 5.74) is 0.336. The van der Waals surface area contributed by atoms with Gasteiger partial charge in [-0.25, -0.2) is 0 Å². The minimum atomic E-state index is 0. The first-order valence-corrected chi connectivity index (χ1v) is 4.87. The molecule has 0 radical (unpaired) electrons. The van der Waals surface area contributed by atoms with Crippen LogP contribution in [0.1, 0.15) is 34.6 Å². The Morgan fingerprint density at radius 2 is 1.64 bits per heavy atom. The van der Waals surface area contributed by atoms with Crippen LogP contribution in [-0.2, 0) is 0 Å². The fourth-order valence-electron chi connectivity index (χ4n) is 1.43. The van der Waals surface area contributed by atoms with E-state index in [0.29, 0.717) is 5.54 Å². The maximum atomic E-state index is 3.74. The van der Waals surface area contributed by atoms with Crippen LogP contribution in [-0.4, -0.2) is 12.1 Å². The van der Waals surface area contributed by atoms with Crippen LogP contribution in [0.25, 0.3) is 0 Å². The van der Waals surface area contributed by atoms with E-state index in [0.717, 1.165) is 18.4 Å². The zero-order chi connectivity index (χ0) is 9.78. The van der Waals surface area contributed by atoms with Gasteiger partial charge in [-0.1, -0.05) is 27.4 Å². The molecule has 0 fully saturated rings. The smallest absolute Gasteiger partial charge is 0.0943 e. The van der Waals surface area contributed by atoms with Gasteiger partial charge in [0.25, 0.3) is 0 Å². The average Bonchev–Trinajstić information content (AvgIpc) is 1.99. The van der Waals surface area contributed by atoms with E-state index in [2.05, 4.69) is 46.5 Å². The van der Waals surface area contributed by atoms with E-state index in [9.17, 15) is 0 Å². The maximum absolute atomic E-state index is 3.74. The van der Waals surface area contributed by atoms with Crippen molar-refractivity contribution >= 4 is 0 Å². The Kier molecular flexibility index (Phi) is 12.1. The molecule has 0 saturated heterocycles. The van der Waals surface area contributed by atoms with Gasteiger partial charge in [0.1, 0.15) is 0 Å². The molecule has 88 valence electrons. The van der Waals surface area contributed by atoms with Gasteiger partial charge in [-0.3, -0.25) is 0 Å². The van der Waals surface area contributed by atoms with E-state index in [1.54, 1.807) is 0 Å². The number of quaternary nitrogens is 1. The molecule has 0 aliphatic carbocycles. The summed E-state index contributed by atoms with van der Waals surface area (Å²) in [5, 5.41) is 2.37. The first-order valence-electron chi connectivity index (χ1n) is 4.87. The zero-order valence-corrected chi connectivity index (χ0v) is 11.5. The molecular formula is C11H24Cl2N-. The molecular weight excluding hydrogens is 217 g/mol. The van der Waals surface area contributed by atoms with Crippen molar-refractivity contribution in [2.75, 3.05) is 6.54 Å². The molecule has 0 aliphatic rings. The van der Waals surface area contributed by atoms with Gasteiger partial charge in [0.05, 0.1) is 12.1 Å². The van der Waals surface area contributed by atoms with Crippen molar-refractivity contribution in [1.82, 2.24) is 0 Å². The van der Waals surface area contributed by atoms with Crippen LogP contribution in [0.5, 0.6) is 0 Å². The summed E-state index contributed by atoms with van der Waals surface area (Å²) >= 11 is 0. The van der Waals surface area contributed by atoms with Crippen molar-refractivity contribution in [1.29, 1.82) is 0 Å². The van der Waals surface area contributed by atoms with E-state index in [1.165, 1.54) is 0 Å². The molecule has 3 heteroatoms. The fraction of sp³-hybridized carbons (Fsp3) is 0.818. The van der Waals surface area contributed by atoms with Crippen molar-refractivity contribution in [2.45, 2.75) is 40.2 Å². The normalized spacial score (nSPS) is 12.7. The Morgan fingerprint density at radius 3 is 1.93 bits per heavy atom. The lowest BCUT2D eigenvalue weighted by Crippen LogP contribution is -3.00. The molecule has 0 amide bonds. The van der Waals surface area contributed by atoms with Crippen LogP contribution in [0.3, 0.4) is 0 Å². The van der Waals surface area contributed by atoms with Crippen LogP contribution in [0, 0.1) is 11.8 Å². The highest BCUT2D eigenvalue weighted by Gasteiger charge is 2.30. The van der Waals surface area contributed by atoms with Gasteiger partial charge in [-0.05, 0) is 25.8 Å². The van der Waals surface area contributed by atoms with Gasteiger partial charge in [0.2, 0.25) is 0 Å². The Morgan fingerprint density at radius 1 is 1.21 bits per heavy atom. The van der Waals surface area contributed by atoms with E-state index < -0.39 is 0 Å². The molecule has 14 heavy (non-hydrogen) atoms. The summed E-state index contributed by atoms with van der Waals surface area (Å²) < 4.78 is 0. The van der Waals surface area contributed by atoms with Crippen LogP contribution in [0.2, 0.25) is 0 Å². The monoisotopic (exact) mass is 240 g/mol. The minimum absolute atomic E-state index is 0. The third-order valence-corrected chi connectivity index (χ3v) is 2.98. The molecule has 0 spiro atoms. The van der Waals surface area contributed by atoms with Gasteiger partial charge in [0.15, 0.2) is 0 Å². The van der Waals surface area contributed by atoms with E-state index in [1.807, 2.05) is 6.08 Å². The maximum Gasteiger partial charge on any atom is 0.0943 e. The van der Waals surface area contributed by atoms with Crippen LogP contribution >= 0.6 is 0 Å². The van der Waals surface area contributed by atoms with Crippen molar-refractivity contribution in [3.8, 4) is 0 Å². The summed E-state index contributed by atoms with van der Waals surface area (Å²) in [4.78, 5) is 0. The lowest BCUT2D eigenvalue weighted by molar-refractivity contribution is -0.721. The highest BCUT2D eigenvalue weighted by Crippen LogP contribution is 2.20. The second-order valence-corrected chi connectivity index (χ2v) is 4.58. The molecule has 1 atom stereocenters. The Labute approximate surface area is 102 Å². The Balaban J connectivity index is -0.000000605. The second-order valence-electron chi connectivity index (χ2n) is 4.58. The van der Waals surface area contributed by atoms with Crippen molar-refractivity contribution in [3.05, 3.63) is 12.7 Å². The molecule has 0 rings (SSSR count). The molecule has 0 aromatic rings. The summed E-state index contributed by atoms with van der Waals surface area (Å²) in [6, 6.07) is 0. The molecule has 0 heterocycles. The lowest BCUT2D eigenvalue weighted by Gasteiger charge is -2.31. The van der Waals surface area contributed by atoms with Gasteiger partial charge in [0, 0.05) is 5.92 Å². The number of rotatable bonds is 5. The molecule has 1 unspecified atom stereocenters. The molecule has 0 aliphatic heterocycles. The van der Waals surface area contributed by atoms with Gasteiger partial charge in [-0.2, -0.15) is 0 Å². The van der Waals surface area contributed by atoms with Gasteiger partial charge >= 0.3 is 0 Å². The van der Waals surface area contributed by atoms with Crippen molar-refractivity contribution < 1.29 is 30.1 Å². The molecule has 0 saturated carbocycles. The van der Waals surface area contributed by atoms with E-state index in [4.69, 9.17) is 0 Å². The van der Waals surface area contributed by atoms with Crippen LogP contribution in [0.15, 0.2) is 12.7 Å². The first kappa shape index (κ1) is 19.8. The number of halogens is 2. The Bertz CT molecular complexity index is 144. The third kappa shape index (κ3) is 6.69. The van der Waals surface area contributed by atoms with Crippen molar-refractivity contribution in [3.63, 3.8) is 0 Å². The molecule has 0 bridgehead atoms. The fourth-order valence-corrected chi connectivity index (χ4v) is 1.43. The van der Waals surface area contributed by atoms with Crippen LogP contribution < -0.4 is 30.1 Å². The number of hydrogen-bond donors (Lipinski definition) is 1. The summed E-state index contributed by atoms with van der Waals surface area (Å²) in [5.74, 6) is 1.48. The predicted molar refractivity (Wildman–Crippen MR) is 55.1 cm³/mol. The van der Waals surface area contributed by atoms with E-state index in [-0.39, 0.29) is 24.8 Å². The number of hydrogen-bond acceptors (Lipinski definition) is 0. The summed E-state index contributed by atoms with van der Waals surface area (Å²) in [7, 11) is 0. The molecule has 0 aromatic carbocycles. The molecule has 0 aromatic heterocycles. The Hall–Kier alpha value is 0.280. The van der Waals surface area contributed by atoms with Crippen molar-refractivity contribution in [2.24, 2.45) is 11.8 Å². The highest BCUT2D eigenvalue weighted by atomic mass is 35.5. The SMILES string of the molecule is C=CC[NH2+]C(C)(C)C(C)C(C)C.[Cl-].[Cl-]. The van der Waals surface area contributed by atoms with E-state index >= 15 is 0 Å². The second kappa shape index (κ2) is 8.58. The topological polar surface area (TPSA) is 16.6 Å². The number of nitrogens with two attached hydrogens (primary N) is 1. The molecule has 2 N–H and O–H groups in total. The summed E-state index contributed by atoms with van der Waals surface area (Å²) in [6.07, 6.45) is 1.97. The highest BCUT2D eigenvalue weighted by molar-refractivity contribution is 4.76. The standard InChI is InChI=1S/C11H23N.2ClH/c1-7-8-12-11(5,6)10(4)9(2)3;;/h7,9-10,12H,1,8H2,2-6H3;2*1H/p-1. The predicted octanol–water partition coefficient (Wildman–Crippen LogP) is -4.19. The largest absolute Gasteiger partial charge is 1.00 e. The first-order chi connectivity index (χ1) is 5.41. The summed E-state index contributed by atoms with van der Waals surface area (Å²) in [6.45, 7) is 16.3.